The molecule has 0 amide bonds. The van der Waals surface area contributed by atoms with E-state index in [9.17, 15) is 0 Å². The van der Waals surface area contributed by atoms with Crippen LogP contribution in [-0.4, -0.2) is 17.4 Å². The summed E-state index contributed by atoms with van der Waals surface area (Å²) in [5.41, 5.74) is 12.7. The minimum atomic E-state index is -1.42. The second kappa shape index (κ2) is 14.9. The van der Waals surface area contributed by atoms with Gasteiger partial charge in [0.25, 0.3) is 0 Å². The van der Waals surface area contributed by atoms with E-state index in [2.05, 4.69) is 188 Å². The summed E-state index contributed by atoms with van der Waals surface area (Å²) in [7, 11) is -2.84. The first-order valence-corrected chi connectivity index (χ1v) is 23.6. The molecule has 4 heterocycles. The molecule has 60 heavy (non-hydrogen) atoms. The van der Waals surface area contributed by atoms with E-state index >= 15 is 0 Å². The Morgan fingerprint density at radius 2 is 0.650 bits per heavy atom. The highest BCUT2D eigenvalue weighted by molar-refractivity contribution is 7.50. The van der Waals surface area contributed by atoms with Gasteiger partial charge in [-0.05, 0) is 134 Å². The summed E-state index contributed by atoms with van der Waals surface area (Å²) in [6.45, 7) is 0. The van der Waals surface area contributed by atoms with Gasteiger partial charge in [-0.25, -0.2) is 0 Å². The minimum Gasteiger partial charge on any atom is -0.435 e. The number of nitrogens with zero attached hydrogens (tertiary/aromatic N) is 4. The molecule has 0 radical (unpaired) electrons. The number of aromatic nitrogens is 4. The van der Waals surface area contributed by atoms with Crippen LogP contribution in [0.25, 0.3) is 54.7 Å². The van der Waals surface area contributed by atoms with E-state index in [0.29, 0.717) is 0 Å². The number of aryl methyl sites for hydroxylation is 2. The summed E-state index contributed by atoms with van der Waals surface area (Å²) in [6.07, 6.45) is 17.7. The Bertz CT molecular complexity index is 2860. The van der Waals surface area contributed by atoms with Crippen LogP contribution in [0.4, 0.5) is 0 Å². The first-order valence-electron chi connectivity index (χ1n) is 21.3. The maximum absolute atomic E-state index is 7.71. The van der Waals surface area contributed by atoms with E-state index in [1.54, 1.807) is 0 Å². The lowest BCUT2D eigenvalue weighted by atomic mass is 9.80. The Balaban J connectivity index is 1.09. The Hall–Kier alpha value is -6.06. The molecule has 8 heteroatoms. The molecule has 294 valence electrons. The minimum absolute atomic E-state index is 0.920. The summed E-state index contributed by atoms with van der Waals surface area (Å²) >= 11 is 0. The van der Waals surface area contributed by atoms with Crippen LogP contribution in [0.3, 0.4) is 0 Å². The number of rotatable bonds is 9. The smallest absolute Gasteiger partial charge is 0.318 e. The molecule has 0 aliphatic heterocycles. The van der Waals surface area contributed by atoms with Crippen molar-refractivity contribution >= 4 is 60.5 Å². The lowest BCUT2D eigenvalue weighted by Gasteiger charge is -2.31. The Morgan fingerprint density at radius 1 is 0.333 bits per heavy atom. The molecule has 0 saturated carbocycles. The predicted molar refractivity (Wildman–Crippen MR) is 250 cm³/mol. The quantitative estimate of drug-likeness (QED) is 0.136. The maximum atomic E-state index is 7.71. The van der Waals surface area contributed by atoms with Gasteiger partial charge in [-0.3, -0.25) is 17.4 Å². The van der Waals surface area contributed by atoms with Crippen LogP contribution < -0.4 is 9.05 Å². The van der Waals surface area contributed by atoms with E-state index in [-0.39, 0.29) is 0 Å². The lowest BCUT2D eigenvalue weighted by molar-refractivity contribution is 0.582. The molecule has 2 aliphatic carbocycles. The van der Waals surface area contributed by atoms with Crippen LogP contribution >= 0.6 is 16.9 Å². The highest BCUT2D eigenvalue weighted by Crippen LogP contribution is 2.55. The molecular formula is C52H44N4O2P2. The molecule has 6 nitrogen and oxygen atoms in total. The zero-order valence-corrected chi connectivity index (χ0v) is 35.1. The van der Waals surface area contributed by atoms with Crippen molar-refractivity contribution < 1.29 is 9.05 Å². The molecule has 0 bridgehead atoms. The summed E-state index contributed by atoms with van der Waals surface area (Å²) in [5, 5.41) is 4.80. The average Bonchev–Trinajstić information content (AvgIpc) is 4.13. The Labute approximate surface area is 352 Å². The largest absolute Gasteiger partial charge is 0.435 e. The fourth-order valence-electron chi connectivity index (χ4n) is 9.74. The third kappa shape index (κ3) is 5.99. The third-order valence-corrected chi connectivity index (χ3v) is 16.2. The van der Waals surface area contributed by atoms with Gasteiger partial charge in [-0.15, -0.1) is 0 Å². The van der Waals surface area contributed by atoms with Crippen molar-refractivity contribution in [2.45, 2.75) is 51.4 Å². The topological polar surface area (TPSA) is 38.2 Å². The molecule has 0 spiro atoms. The zero-order chi connectivity index (χ0) is 39.6. The van der Waals surface area contributed by atoms with Crippen molar-refractivity contribution in [1.82, 2.24) is 17.4 Å². The normalized spacial score (nSPS) is 14.1. The van der Waals surface area contributed by atoms with Gasteiger partial charge in [-0.1, -0.05) is 84.9 Å². The van der Waals surface area contributed by atoms with Crippen LogP contribution in [-0.2, 0) is 25.7 Å². The van der Waals surface area contributed by atoms with E-state index in [4.69, 9.17) is 9.05 Å². The Kier molecular flexibility index (Phi) is 8.90. The molecule has 6 aromatic carbocycles. The first kappa shape index (κ1) is 35.8. The number of para-hydroxylation sites is 4. The summed E-state index contributed by atoms with van der Waals surface area (Å²) in [4.78, 5) is 0. The van der Waals surface area contributed by atoms with Gasteiger partial charge in [0.15, 0.2) is 0 Å². The predicted octanol–water partition coefficient (Wildman–Crippen LogP) is 14.3. The molecule has 0 saturated heterocycles. The molecule has 0 fully saturated rings. The van der Waals surface area contributed by atoms with Gasteiger partial charge in [0, 0.05) is 57.5 Å². The van der Waals surface area contributed by atoms with Crippen LogP contribution in [0.15, 0.2) is 170 Å². The van der Waals surface area contributed by atoms with Crippen LogP contribution in [0.2, 0.25) is 0 Å². The van der Waals surface area contributed by atoms with E-state index in [0.717, 1.165) is 72.1 Å². The van der Waals surface area contributed by atoms with Crippen molar-refractivity contribution in [2.75, 3.05) is 0 Å². The fourth-order valence-corrected chi connectivity index (χ4v) is 13.4. The summed E-state index contributed by atoms with van der Waals surface area (Å²) in [5.74, 6) is 1.84. The second-order valence-corrected chi connectivity index (χ2v) is 19.2. The second-order valence-electron chi connectivity index (χ2n) is 16.1. The number of benzene rings is 6. The number of hydrogen-bond donors (Lipinski definition) is 0. The SMILES string of the molecule is c1ccc2c(c1)ccn2P(Oc1ccc2c(c1-c1c(OP(n3ccc4ccccc43)n3ccc4ccccc43)ccc3c1CCCC3)CCCC2)n1ccc2ccccc21. The number of fused-ring (bicyclic) bond motifs is 6. The first-order chi connectivity index (χ1) is 29.8. The maximum Gasteiger partial charge on any atom is 0.318 e. The van der Waals surface area contributed by atoms with Crippen molar-refractivity contribution in [1.29, 1.82) is 0 Å². The molecule has 0 N–H and O–H groups in total. The highest BCUT2D eigenvalue weighted by Gasteiger charge is 2.31. The molecule has 4 aromatic heterocycles. The molecule has 2 aliphatic rings. The van der Waals surface area contributed by atoms with Crippen molar-refractivity contribution in [3.05, 3.63) is 193 Å². The zero-order valence-electron chi connectivity index (χ0n) is 33.3. The highest BCUT2D eigenvalue weighted by atomic mass is 31.2. The van der Waals surface area contributed by atoms with Gasteiger partial charge >= 0.3 is 16.9 Å². The standard InChI is InChI=1S/C52H44N4O2P2/c1-7-19-43-37(13-1)25-27-49(57-59(53-33-29-39-15-3-9-21-45(39)53)54-34-30-40-16-4-10-22-46(40)54)51(43)52-44-20-8-2-14-38(44)26-28-50(52)58-60(55-35-31-41-17-5-11-23-47(41)55)56-36-32-42-18-6-12-24-48(42)56/h3-6,9-12,15-18,21-36H,1-2,7-8,13-14,19-20H2. The van der Waals surface area contributed by atoms with Crippen molar-refractivity contribution in [2.24, 2.45) is 0 Å². The van der Waals surface area contributed by atoms with Gasteiger partial charge in [0.2, 0.25) is 0 Å². The summed E-state index contributed by atoms with van der Waals surface area (Å²) in [6, 6.07) is 52.7. The van der Waals surface area contributed by atoms with Crippen LogP contribution in [0.1, 0.15) is 47.9 Å². The monoisotopic (exact) mass is 818 g/mol. The van der Waals surface area contributed by atoms with Crippen molar-refractivity contribution in [3.8, 4) is 22.6 Å². The number of hydrogen-bond acceptors (Lipinski definition) is 2. The van der Waals surface area contributed by atoms with E-state index in [1.807, 2.05) is 0 Å². The van der Waals surface area contributed by atoms with Crippen LogP contribution in [0.5, 0.6) is 11.5 Å². The Morgan fingerprint density at radius 3 is 1.00 bits per heavy atom. The van der Waals surface area contributed by atoms with Crippen molar-refractivity contribution in [3.63, 3.8) is 0 Å². The molecule has 0 unspecified atom stereocenters. The molecule has 0 atom stereocenters. The molecule has 10 aromatic rings. The average molecular weight is 819 g/mol. The fraction of sp³-hybridized carbons (Fsp3) is 0.154. The van der Waals surface area contributed by atoms with Gasteiger partial charge in [-0.2, -0.15) is 0 Å². The third-order valence-electron chi connectivity index (χ3n) is 12.7. The van der Waals surface area contributed by atoms with Crippen LogP contribution in [0, 0.1) is 0 Å². The molecular weight excluding hydrogens is 775 g/mol. The van der Waals surface area contributed by atoms with Gasteiger partial charge < -0.3 is 9.05 Å². The molecule has 12 rings (SSSR count). The lowest BCUT2D eigenvalue weighted by Crippen LogP contribution is -2.13. The van der Waals surface area contributed by atoms with E-state index in [1.165, 1.54) is 67.8 Å². The summed E-state index contributed by atoms with van der Waals surface area (Å²) < 4.78 is 24.8. The van der Waals surface area contributed by atoms with Gasteiger partial charge in [0.05, 0.1) is 22.1 Å². The van der Waals surface area contributed by atoms with Gasteiger partial charge in [0.1, 0.15) is 11.5 Å². The van der Waals surface area contributed by atoms with E-state index < -0.39 is 16.9 Å².